The minimum atomic E-state index is -0.348. The molecule has 7 heteroatoms. The van der Waals surface area contributed by atoms with Gasteiger partial charge in [-0.1, -0.05) is 33.2 Å². The summed E-state index contributed by atoms with van der Waals surface area (Å²) in [5.74, 6) is -0.0745. The second-order valence-electron chi connectivity index (χ2n) is 5.26. The lowest BCUT2D eigenvalue weighted by molar-refractivity contribution is 0.0625. The Bertz CT molecular complexity index is 915. The predicted octanol–water partition coefficient (Wildman–Crippen LogP) is 3.30. The molecule has 1 aliphatic rings. The van der Waals surface area contributed by atoms with Gasteiger partial charge in [0.2, 0.25) is 11.7 Å². The summed E-state index contributed by atoms with van der Waals surface area (Å²) >= 11 is 3.36. The lowest BCUT2D eigenvalue weighted by atomic mass is 10.1. The molecule has 0 atom stereocenters. The lowest BCUT2D eigenvalue weighted by Crippen LogP contribution is -2.29. The van der Waals surface area contributed by atoms with E-state index in [1.54, 1.807) is 24.3 Å². The van der Waals surface area contributed by atoms with Crippen molar-refractivity contribution in [2.75, 3.05) is 0 Å². The summed E-state index contributed by atoms with van der Waals surface area (Å²) in [7, 11) is 0. The first-order valence-corrected chi connectivity index (χ1v) is 7.96. The number of nitrogens with zero attached hydrogens (tertiary/aromatic N) is 3. The van der Waals surface area contributed by atoms with Crippen molar-refractivity contribution in [3.8, 4) is 11.4 Å². The zero-order chi connectivity index (χ0) is 16.7. The van der Waals surface area contributed by atoms with Gasteiger partial charge in [-0.3, -0.25) is 14.5 Å². The summed E-state index contributed by atoms with van der Waals surface area (Å²) in [4.78, 5) is 30.1. The number of amides is 2. The summed E-state index contributed by atoms with van der Waals surface area (Å²) in [5, 5.41) is 3.91. The quantitative estimate of drug-likeness (QED) is 0.648. The van der Waals surface area contributed by atoms with Crippen molar-refractivity contribution in [1.29, 1.82) is 0 Å². The zero-order valence-corrected chi connectivity index (χ0v) is 13.9. The smallest absolute Gasteiger partial charge is 0.262 e. The van der Waals surface area contributed by atoms with Gasteiger partial charge in [0.15, 0.2) is 0 Å². The van der Waals surface area contributed by atoms with Crippen LogP contribution in [0.2, 0.25) is 0 Å². The molecule has 2 amide bonds. The van der Waals surface area contributed by atoms with E-state index >= 15 is 0 Å². The number of imide groups is 1. The molecule has 6 nitrogen and oxygen atoms in total. The third-order valence-corrected chi connectivity index (χ3v) is 4.27. The molecule has 0 bridgehead atoms. The van der Waals surface area contributed by atoms with Crippen LogP contribution in [0.5, 0.6) is 0 Å². The van der Waals surface area contributed by atoms with E-state index < -0.39 is 0 Å². The molecule has 0 spiro atoms. The molecule has 1 aliphatic heterocycles. The molecule has 0 fully saturated rings. The monoisotopic (exact) mass is 383 g/mol. The van der Waals surface area contributed by atoms with E-state index in [0.29, 0.717) is 17.0 Å². The first-order chi connectivity index (χ1) is 11.6. The summed E-state index contributed by atoms with van der Waals surface area (Å²) in [6.45, 7) is -0.0458. The summed E-state index contributed by atoms with van der Waals surface area (Å²) in [6, 6.07) is 14.2. The normalized spacial score (nSPS) is 13.5. The number of rotatable bonds is 3. The van der Waals surface area contributed by atoms with E-state index in [1.165, 1.54) is 0 Å². The van der Waals surface area contributed by atoms with Gasteiger partial charge in [0.25, 0.3) is 11.8 Å². The number of carbonyl (C=O) groups excluding carboxylic acids is 2. The minimum Gasteiger partial charge on any atom is -0.337 e. The number of hydrogen-bond acceptors (Lipinski definition) is 5. The van der Waals surface area contributed by atoms with Gasteiger partial charge < -0.3 is 4.52 Å². The van der Waals surface area contributed by atoms with Gasteiger partial charge in [0.1, 0.15) is 6.54 Å². The van der Waals surface area contributed by atoms with E-state index in [2.05, 4.69) is 26.1 Å². The third kappa shape index (κ3) is 2.43. The van der Waals surface area contributed by atoms with Gasteiger partial charge in [0, 0.05) is 10.0 Å². The molecule has 24 heavy (non-hydrogen) atoms. The molecule has 0 unspecified atom stereocenters. The van der Waals surface area contributed by atoms with Crippen LogP contribution in [0.4, 0.5) is 0 Å². The van der Waals surface area contributed by atoms with Crippen LogP contribution in [0.3, 0.4) is 0 Å². The number of benzene rings is 2. The Morgan fingerprint density at radius 2 is 1.58 bits per heavy atom. The van der Waals surface area contributed by atoms with Crippen molar-refractivity contribution >= 4 is 27.7 Å². The molecular formula is C17H10BrN3O3. The SMILES string of the molecule is O=C1c2ccccc2C(=O)N1Cc1nc(-c2ccc(Br)cc2)no1. The second-order valence-corrected chi connectivity index (χ2v) is 6.18. The molecule has 1 aromatic heterocycles. The van der Waals surface area contributed by atoms with E-state index in [9.17, 15) is 9.59 Å². The van der Waals surface area contributed by atoms with Gasteiger partial charge in [-0.05, 0) is 36.4 Å². The average molecular weight is 384 g/mol. The van der Waals surface area contributed by atoms with Crippen LogP contribution in [-0.2, 0) is 6.54 Å². The van der Waals surface area contributed by atoms with Crippen molar-refractivity contribution < 1.29 is 14.1 Å². The number of carbonyl (C=O) groups is 2. The highest BCUT2D eigenvalue weighted by Gasteiger charge is 2.36. The maximum atomic E-state index is 12.3. The topological polar surface area (TPSA) is 76.3 Å². The predicted molar refractivity (Wildman–Crippen MR) is 88.1 cm³/mol. The standard InChI is InChI=1S/C17H10BrN3O3/c18-11-7-5-10(6-8-11)15-19-14(24-20-15)9-21-16(22)12-3-1-2-4-13(12)17(21)23/h1-8H,9H2. The van der Waals surface area contributed by atoms with E-state index in [1.807, 2.05) is 24.3 Å². The van der Waals surface area contributed by atoms with Gasteiger partial charge in [-0.2, -0.15) is 4.98 Å². The number of fused-ring (bicyclic) bond motifs is 1. The first kappa shape index (κ1) is 14.8. The fourth-order valence-corrected chi connectivity index (χ4v) is 2.82. The Balaban J connectivity index is 1.58. The maximum Gasteiger partial charge on any atom is 0.262 e. The molecule has 0 radical (unpaired) electrons. The zero-order valence-electron chi connectivity index (χ0n) is 12.3. The highest BCUT2D eigenvalue weighted by molar-refractivity contribution is 9.10. The van der Waals surface area contributed by atoms with Crippen LogP contribution in [0.15, 0.2) is 57.5 Å². The van der Waals surface area contributed by atoms with Gasteiger partial charge >= 0.3 is 0 Å². The van der Waals surface area contributed by atoms with E-state index in [4.69, 9.17) is 4.52 Å². The van der Waals surface area contributed by atoms with E-state index in [0.717, 1.165) is 14.9 Å². The van der Waals surface area contributed by atoms with Crippen molar-refractivity contribution in [2.45, 2.75) is 6.54 Å². The average Bonchev–Trinajstić information content (AvgIpc) is 3.16. The van der Waals surface area contributed by atoms with Crippen molar-refractivity contribution in [1.82, 2.24) is 15.0 Å². The highest BCUT2D eigenvalue weighted by Crippen LogP contribution is 2.25. The van der Waals surface area contributed by atoms with Crippen LogP contribution in [0, 0.1) is 0 Å². The summed E-state index contributed by atoms with van der Waals surface area (Å²) < 4.78 is 6.13. The third-order valence-electron chi connectivity index (χ3n) is 3.74. The van der Waals surface area contributed by atoms with Crippen LogP contribution in [0.25, 0.3) is 11.4 Å². The van der Waals surface area contributed by atoms with Gasteiger partial charge in [-0.25, -0.2) is 0 Å². The fourth-order valence-electron chi connectivity index (χ4n) is 2.55. The Labute approximate surface area is 145 Å². The second kappa shape index (κ2) is 5.68. The molecule has 2 aromatic carbocycles. The first-order valence-electron chi connectivity index (χ1n) is 7.17. The van der Waals surface area contributed by atoms with Crippen LogP contribution < -0.4 is 0 Å². The van der Waals surface area contributed by atoms with Crippen LogP contribution in [0.1, 0.15) is 26.6 Å². The lowest BCUT2D eigenvalue weighted by Gasteiger charge is -2.09. The van der Waals surface area contributed by atoms with Crippen LogP contribution in [-0.4, -0.2) is 26.9 Å². The van der Waals surface area contributed by atoms with Crippen molar-refractivity contribution in [3.05, 3.63) is 70.0 Å². The van der Waals surface area contributed by atoms with Crippen molar-refractivity contribution in [2.24, 2.45) is 0 Å². The number of aromatic nitrogens is 2. The highest BCUT2D eigenvalue weighted by atomic mass is 79.9. The molecule has 118 valence electrons. The molecule has 4 rings (SSSR count). The molecule has 0 saturated heterocycles. The molecule has 0 saturated carbocycles. The fraction of sp³-hybridized carbons (Fsp3) is 0.0588. The Morgan fingerprint density at radius 3 is 2.21 bits per heavy atom. The Kier molecular flexibility index (Phi) is 3.50. The number of hydrogen-bond donors (Lipinski definition) is 0. The summed E-state index contributed by atoms with van der Waals surface area (Å²) in [5.41, 5.74) is 1.58. The molecule has 0 aliphatic carbocycles. The molecule has 3 aromatic rings. The Morgan fingerprint density at radius 1 is 0.958 bits per heavy atom. The molecule has 0 N–H and O–H groups in total. The minimum absolute atomic E-state index is 0.0458. The van der Waals surface area contributed by atoms with Crippen molar-refractivity contribution in [3.63, 3.8) is 0 Å². The molecular weight excluding hydrogens is 374 g/mol. The maximum absolute atomic E-state index is 12.3. The largest absolute Gasteiger partial charge is 0.337 e. The summed E-state index contributed by atoms with van der Waals surface area (Å²) in [6.07, 6.45) is 0. The Hall–Kier alpha value is -2.80. The number of halogens is 1. The van der Waals surface area contributed by atoms with E-state index in [-0.39, 0.29) is 24.2 Å². The van der Waals surface area contributed by atoms with Crippen LogP contribution >= 0.6 is 15.9 Å². The van der Waals surface area contributed by atoms with Gasteiger partial charge in [-0.15, -0.1) is 0 Å². The van der Waals surface area contributed by atoms with Gasteiger partial charge in [0.05, 0.1) is 11.1 Å². The molecule has 2 heterocycles.